The quantitative estimate of drug-likeness (QED) is 0.236. The Hall–Kier alpha value is -3.19. The highest BCUT2D eigenvalue weighted by Gasteiger charge is 2.05. The summed E-state index contributed by atoms with van der Waals surface area (Å²) >= 11 is 1.78. The third-order valence-electron chi connectivity index (χ3n) is 4.96. The Labute approximate surface area is 187 Å². The van der Waals surface area contributed by atoms with Crippen molar-refractivity contribution in [3.05, 3.63) is 83.1 Å². The van der Waals surface area contributed by atoms with Crippen molar-refractivity contribution in [3.63, 3.8) is 0 Å². The minimum Gasteiger partial charge on any atom is -0.357 e. The van der Waals surface area contributed by atoms with Crippen LogP contribution in [0.15, 0.2) is 72.0 Å². The minimum atomic E-state index is 0.630. The van der Waals surface area contributed by atoms with Gasteiger partial charge in [0.1, 0.15) is 0 Å². The first-order valence-electron chi connectivity index (χ1n) is 10.7. The van der Waals surface area contributed by atoms with E-state index in [0.717, 1.165) is 44.0 Å². The fraction of sp³-hybridized carbons (Fsp3) is 0.292. The summed E-state index contributed by atoms with van der Waals surface area (Å²) in [6.07, 6.45) is 5.78. The van der Waals surface area contributed by atoms with Gasteiger partial charge in [-0.1, -0.05) is 36.4 Å². The predicted molar refractivity (Wildman–Crippen MR) is 129 cm³/mol. The monoisotopic (exact) mass is 432 g/mol. The molecule has 0 aliphatic heterocycles. The van der Waals surface area contributed by atoms with Gasteiger partial charge < -0.3 is 10.6 Å². The van der Waals surface area contributed by atoms with E-state index >= 15 is 0 Å². The molecule has 0 unspecified atom stereocenters. The van der Waals surface area contributed by atoms with Gasteiger partial charge in [-0.05, 0) is 42.7 Å². The molecule has 0 bridgehead atoms. The number of aliphatic imine (C=N–C) groups is 1. The molecule has 2 aromatic carbocycles. The van der Waals surface area contributed by atoms with Gasteiger partial charge in [-0.2, -0.15) is 5.10 Å². The molecule has 0 saturated heterocycles. The van der Waals surface area contributed by atoms with Gasteiger partial charge in [-0.25, -0.2) is 9.98 Å². The fourth-order valence-electron chi connectivity index (χ4n) is 3.41. The van der Waals surface area contributed by atoms with E-state index in [2.05, 4.69) is 65.1 Å². The Morgan fingerprint density at radius 3 is 2.68 bits per heavy atom. The lowest BCUT2D eigenvalue weighted by Gasteiger charge is -2.12. The predicted octanol–water partition coefficient (Wildman–Crippen LogP) is 4.23. The second-order valence-corrected chi connectivity index (χ2v) is 8.39. The molecule has 2 N–H and O–H groups in total. The molecule has 0 spiro atoms. The number of para-hydroxylation sites is 1. The van der Waals surface area contributed by atoms with Crippen LogP contribution in [0.1, 0.15) is 29.5 Å². The highest BCUT2D eigenvalue weighted by atomic mass is 32.1. The Kier molecular flexibility index (Phi) is 7.28. The van der Waals surface area contributed by atoms with Gasteiger partial charge in [0, 0.05) is 31.9 Å². The molecular weight excluding hydrogens is 404 g/mol. The summed E-state index contributed by atoms with van der Waals surface area (Å²) in [5, 5.41) is 12.3. The molecule has 7 heteroatoms. The summed E-state index contributed by atoms with van der Waals surface area (Å²) in [5.74, 6) is 0.848. The van der Waals surface area contributed by atoms with Crippen LogP contribution in [-0.4, -0.2) is 33.8 Å². The maximum atomic E-state index is 4.80. The van der Waals surface area contributed by atoms with Crippen molar-refractivity contribution in [1.29, 1.82) is 0 Å². The van der Waals surface area contributed by atoms with Crippen molar-refractivity contribution < 1.29 is 0 Å². The number of hydrogen-bond acceptors (Lipinski definition) is 4. The summed E-state index contributed by atoms with van der Waals surface area (Å²) in [5.41, 5.74) is 3.55. The zero-order valence-electron chi connectivity index (χ0n) is 17.8. The van der Waals surface area contributed by atoms with Crippen molar-refractivity contribution in [2.45, 2.75) is 32.9 Å². The van der Waals surface area contributed by atoms with Gasteiger partial charge in [0.05, 0.1) is 28.3 Å². The second kappa shape index (κ2) is 10.7. The molecule has 160 valence electrons. The number of nitrogens with one attached hydrogen (secondary N) is 2. The Morgan fingerprint density at radius 1 is 1.03 bits per heavy atom. The van der Waals surface area contributed by atoms with Crippen LogP contribution in [0.4, 0.5) is 0 Å². The van der Waals surface area contributed by atoms with E-state index < -0.39 is 0 Å². The number of thiazole rings is 1. The van der Waals surface area contributed by atoms with Gasteiger partial charge in [0.15, 0.2) is 5.96 Å². The zero-order valence-corrected chi connectivity index (χ0v) is 18.6. The number of hydrogen-bond donors (Lipinski definition) is 2. The van der Waals surface area contributed by atoms with E-state index in [1.807, 2.05) is 29.2 Å². The van der Waals surface area contributed by atoms with Gasteiger partial charge in [0.25, 0.3) is 0 Å². The third-order valence-corrected chi connectivity index (χ3v) is 6.06. The maximum Gasteiger partial charge on any atom is 0.191 e. The largest absolute Gasteiger partial charge is 0.357 e. The number of guanidine groups is 1. The molecule has 2 heterocycles. The average molecular weight is 433 g/mol. The lowest BCUT2D eigenvalue weighted by molar-refractivity contribution is 0.680. The summed E-state index contributed by atoms with van der Waals surface area (Å²) in [4.78, 5) is 9.52. The number of aromatic nitrogens is 3. The van der Waals surface area contributed by atoms with Gasteiger partial charge in [-0.3, -0.25) is 4.68 Å². The van der Waals surface area contributed by atoms with Crippen LogP contribution in [0.25, 0.3) is 10.2 Å². The minimum absolute atomic E-state index is 0.630. The molecule has 0 saturated carbocycles. The summed E-state index contributed by atoms with van der Waals surface area (Å²) in [6, 6.07) is 18.7. The van der Waals surface area contributed by atoms with E-state index in [4.69, 9.17) is 9.98 Å². The van der Waals surface area contributed by atoms with Crippen LogP contribution in [0.2, 0.25) is 0 Å². The summed E-state index contributed by atoms with van der Waals surface area (Å²) < 4.78 is 3.20. The van der Waals surface area contributed by atoms with E-state index in [-0.39, 0.29) is 0 Å². The molecular formula is C24H28N6S. The Balaban J connectivity index is 1.32. The molecule has 0 aliphatic rings. The van der Waals surface area contributed by atoms with Crippen molar-refractivity contribution in [1.82, 2.24) is 25.4 Å². The standard InChI is InChI=1S/C24H28N6S/c1-2-25-24(26-14-7-13-23-29-21-11-5-6-12-22(21)31-23)27-17-19-9-3-4-10-20(19)18-30-16-8-15-28-30/h3-6,8-12,15-16H,2,7,13-14,17-18H2,1H3,(H2,25,26,27). The topological polar surface area (TPSA) is 67.1 Å². The van der Waals surface area contributed by atoms with Crippen molar-refractivity contribution >= 4 is 27.5 Å². The first-order chi connectivity index (χ1) is 15.3. The lowest BCUT2D eigenvalue weighted by Crippen LogP contribution is -2.37. The van der Waals surface area contributed by atoms with Crippen LogP contribution in [0, 0.1) is 0 Å². The molecule has 0 radical (unpaired) electrons. The van der Waals surface area contributed by atoms with Gasteiger partial charge in [0.2, 0.25) is 0 Å². The van der Waals surface area contributed by atoms with Crippen LogP contribution in [-0.2, 0) is 19.5 Å². The second-order valence-electron chi connectivity index (χ2n) is 7.27. The van der Waals surface area contributed by atoms with Crippen molar-refractivity contribution in [2.24, 2.45) is 4.99 Å². The number of rotatable bonds is 9. The number of aryl methyl sites for hydroxylation is 1. The zero-order chi connectivity index (χ0) is 21.3. The van der Waals surface area contributed by atoms with Crippen LogP contribution in [0.5, 0.6) is 0 Å². The molecule has 6 nitrogen and oxygen atoms in total. The maximum absolute atomic E-state index is 4.80. The van der Waals surface area contributed by atoms with E-state index in [0.29, 0.717) is 6.54 Å². The van der Waals surface area contributed by atoms with Crippen LogP contribution < -0.4 is 10.6 Å². The van der Waals surface area contributed by atoms with Crippen LogP contribution in [0.3, 0.4) is 0 Å². The van der Waals surface area contributed by atoms with Crippen molar-refractivity contribution in [3.8, 4) is 0 Å². The summed E-state index contributed by atoms with van der Waals surface area (Å²) in [7, 11) is 0. The van der Waals surface area contributed by atoms with Crippen LogP contribution >= 0.6 is 11.3 Å². The van der Waals surface area contributed by atoms with E-state index in [1.54, 1.807) is 11.3 Å². The highest BCUT2D eigenvalue weighted by Crippen LogP contribution is 2.22. The molecule has 31 heavy (non-hydrogen) atoms. The molecule has 0 atom stereocenters. The molecule has 0 aliphatic carbocycles. The number of fused-ring (bicyclic) bond motifs is 1. The first kappa shape index (κ1) is 21.1. The number of nitrogens with zero attached hydrogens (tertiary/aromatic N) is 4. The van der Waals surface area contributed by atoms with E-state index in [9.17, 15) is 0 Å². The highest BCUT2D eigenvalue weighted by molar-refractivity contribution is 7.18. The summed E-state index contributed by atoms with van der Waals surface area (Å²) in [6.45, 7) is 5.16. The Bertz CT molecular complexity index is 1080. The molecule has 0 fully saturated rings. The van der Waals surface area contributed by atoms with Gasteiger partial charge in [-0.15, -0.1) is 11.3 Å². The number of benzene rings is 2. The fourth-order valence-corrected chi connectivity index (χ4v) is 4.42. The molecule has 4 rings (SSSR count). The average Bonchev–Trinajstić information content (AvgIpc) is 3.45. The normalized spacial score (nSPS) is 11.7. The molecule has 2 aromatic heterocycles. The lowest BCUT2D eigenvalue weighted by atomic mass is 10.1. The third kappa shape index (κ3) is 5.92. The molecule has 4 aromatic rings. The van der Waals surface area contributed by atoms with E-state index in [1.165, 1.54) is 20.8 Å². The molecule has 0 amide bonds. The van der Waals surface area contributed by atoms with Gasteiger partial charge >= 0.3 is 0 Å². The SMILES string of the molecule is CCNC(=NCc1ccccc1Cn1cccn1)NCCCc1nc2ccccc2s1. The smallest absolute Gasteiger partial charge is 0.191 e. The van der Waals surface area contributed by atoms with Crippen molar-refractivity contribution in [2.75, 3.05) is 13.1 Å². The Morgan fingerprint density at radius 2 is 1.87 bits per heavy atom. The first-order valence-corrected chi connectivity index (χ1v) is 11.5.